The van der Waals surface area contributed by atoms with Crippen molar-refractivity contribution in [3.05, 3.63) is 46.3 Å². The molecule has 0 aliphatic heterocycles. The molecule has 24 heavy (non-hydrogen) atoms. The van der Waals surface area contributed by atoms with Gasteiger partial charge in [-0.1, -0.05) is 12.1 Å². The fourth-order valence-corrected chi connectivity index (χ4v) is 3.40. The highest BCUT2D eigenvalue weighted by molar-refractivity contribution is 7.17. The van der Waals surface area contributed by atoms with Gasteiger partial charge in [-0.2, -0.15) is 0 Å². The van der Waals surface area contributed by atoms with Gasteiger partial charge in [0, 0.05) is 10.9 Å². The van der Waals surface area contributed by atoms with Crippen molar-refractivity contribution in [3.8, 4) is 16.9 Å². The first-order valence-corrected chi connectivity index (χ1v) is 8.15. The molecule has 0 saturated carbocycles. The number of fused-ring (bicyclic) bond motifs is 1. The highest BCUT2D eigenvalue weighted by Crippen LogP contribution is 2.31. The van der Waals surface area contributed by atoms with Gasteiger partial charge in [0.2, 0.25) is 0 Å². The number of benzene rings is 1. The summed E-state index contributed by atoms with van der Waals surface area (Å²) in [5.74, 6) is 0.257. The SMILES string of the molecule is COC(=O)C(C)n1cnc2scc(-c3ccc(OC)cc3)c2c1=O. The lowest BCUT2D eigenvalue weighted by molar-refractivity contribution is -0.144. The first-order chi connectivity index (χ1) is 11.6. The Bertz CT molecular complexity index is 943. The Hall–Kier alpha value is -2.67. The van der Waals surface area contributed by atoms with Crippen molar-refractivity contribution < 1.29 is 14.3 Å². The van der Waals surface area contributed by atoms with Crippen LogP contribution in [0.15, 0.2) is 40.8 Å². The van der Waals surface area contributed by atoms with E-state index >= 15 is 0 Å². The van der Waals surface area contributed by atoms with Gasteiger partial charge in [-0.15, -0.1) is 11.3 Å². The maximum Gasteiger partial charge on any atom is 0.328 e. The minimum Gasteiger partial charge on any atom is -0.497 e. The summed E-state index contributed by atoms with van der Waals surface area (Å²) < 4.78 is 11.2. The third kappa shape index (κ3) is 2.67. The minimum atomic E-state index is -0.733. The number of carbonyl (C=O) groups is 1. The summed E-state index contributed by atoms with van der Waals surface area (Å²) in [5.41, 5.74) is 1.43. The molecule has 6 nitrogen and oxygen atoms in total. The van der Waals surface area contributed by atoms with E-state index in [4.69, 9.17) is 9.47 Å². The lowest BCUT2D eigenvalue weighted by Gasteiger charge is -2.12. The molecule has 1 atom stereocenters. The van der Waals surface area contributed by atoms with E-state index in [-0.39, 0.29) is 5.56 Å². The molecular formula is C17H16N2O4S. The number of methoxy groups -OCH3 is 2. The summed E-state index contributed by atoms with van der Waals surface area (Å²) in [4.78, 5) is 29.6. The van der Waals surface area contributed by atoms with Crippen molar-refractivity contribution in [2.45, 2.75) is 13.0 Å². The number of ether oxygens (including phenoxy) is 2. The van der Waals surface area contributed by atoms with Crippen molar-refractivity contribution in [1.82, 2.24) is 9.55 Å². The maximum atomic E-state index is 12.9. The van der Waals surface area contributed by atoms with Crippen LogP contribution in [0.4, 0.5) is 0 Å². The first-order valence-electron chi connectivity index (χ1n) is 7.27. The van der Waals surface area contributed by atoms with Crippen molar-refractivity contribution in [2.24, 2.45) is 0 Å². The number of thiophene rings is 1. The van der Waals surface area contributed by atoms with Crippen molar-refractivity contribution >= 4 is 27.5 Å². The molecule has 0 bridgehead atoms. The summed E-state index contributed by atoms with van der Waals surface area (Å²) in [7, 11) is 2.90. The Kier molecular flexibility index (Phi) is 4.35. The Morgan fingerprint density at radius 2 is 1.96 bits per heavy atom. The molecule has 124 valence electrons. The molecule has 0 N–H and O–H groups in total. The van der Waals surface area contributed by atoms with E-state index in [1.165, 1.54) is 29.3 Å². The second kappa shape index (κ2) is 6.45. The van der Waals surface area contributed by atoms with Crippen LogP contribution >= 0.6 is 11.3 Å². The van der Waals surface area contributed by atoms with E-state index in [1.54, 1.807) is 14.0 Å². The average molecular weight is 344 g/mol. The Balaban J connectivity index is 2.16. The van der Waals surface area contributed by atoms with Gasteiger partial charge in [-0.3, -0.25) is 9.36 Å². The van der Waals surface area contributed by atoms with E-state index in [9.17, 15) is 9.59 Å². The number of esters is 1. The molecule has 0 saturated heterocycles. The van der Waals surface area contributed by atoms with Crippen LogP contribution in [0, 0.1) is 0 Å². The normalized spacial score (nSPS) is 12.1. The summed E-state index contributed by atoms with van der Waals surface area (Å²) in [5, 5.41) is 2.40. The molecule has 0 fully saturated rings. The standard InChI is InChI=1S/C17H16N2O4S/c1-10(17(21)23-3)19-9-18-15-14(16(19)20)13(8-24-15)11-4-6-12(22-2)7-5-11/h4-10H,1-3H3. The Labute approximate surface area is 142 Å². The molecule has 1 unspecified atom stereocenters. The fraction of sp³-hybridized carbons (Fsp3) is 0.235. The summed E-state index contributed by atoms with van der Waals surface area (Å²) in [6.07, 6.45) is 1.39. The van der Waals surface area contributed by atoms with Crippen molar-refractivity contribution in [2.75, 3.05) is 14.2 Å². The summed E-state index contributed by atoms with van der Waals surface area (Å²) in [6, 6.07) is 6.72. The average Bonchev–Trinajstić information content (AvgIpc) is 3.06. The second-order valence-electron chi connectivity index (χ2n) is 5.21. The topological polar surface area (TPSA) is 70.4 Å². The maximum absolute atomic E-state index is 12.9. The number of aromatic nitrogens is 2. The zero-order chi connectivity index (χ0) is 17.3. The van der Waals surface area contributed by atoms with Gasteiger partial charge in [0.15, 0.2) is 0 Å². The molecule has 0 amide bonds. The van der Waals surface area contributed by atoms with Gasteiger partial charge < -0.3 is 9.47 Å². The molecule has 0 aliphatic carbocycles. The number of carbonyl (C=O) groups excluding carboxylic acids is 1. The number of nitrogens with zero attached hydrogens (tertiary/aromatic N) is 2. The van der Waals surface area contributed by atoms with Crippen LogP contribution in [-0.2, 0) is 9.53 Å². The third-order valence-corrected chi connectivity index (χ3v) is 4.77. The van der Waals surface area contributed by atoms with Crippen LogP contribution in [0.1, 0.15) is 13.0 Å². The van der Waals surface area contributed by atoms with E-state index in [0.717, 1.165) is 16.9 Å². The number of hydrogen-bond donors (Lipinski definition) is 0. The quantitative estimate of drug-likeness (QED) is 0.681. The zero-order valence-electron chi connectivity index (χ0n) is 13.5. The molecule has 2 aromatic heterocycles. The molecule has 0 radical (unpaired) electrons. The van der Waals surface area contributed by atoms with Crippen LogP contribution in [0.3, 0.4) is 0 Å². The van der Waals surface area contributed by atoms with Crippen molar-refractivity contribution in [1.29, 1.82) is 0 Å². The Morgan fingerprint density at radius 1 is 1.25 bits per heavy atom. The molecule has 2 heterocycles. The van der Waals surface area contributed by atoms with Crippen LogP contribution in [-0.4, -0.2) is 29.7 Å². The van der Waals surface area contributed by atoms with Crippen LogP contribution < -0.4 is 10.3 Å². The third-order valence-electron chi connectivity index (χ3n) is 3.88. The number of hydrogen-bond acceptors (Lipinski definition) is 6. The van der Waals surface area contributed by atoms with Gasteiger partial charge in [0.05, 0.1) is 25.9 Å². The predicted octanol–water partition coefficient (Wildman–Crippen LogP) is 2.87. The van der Waals surface area contributed by atoms with Crippen LogP contribution in [0.5, 0.6) is 5.75 Å². The smallest absolute Gasteiger partial charge is 0.328 e. The molecule has 3 aromatic rings. The van der Waals surface area contributed by atoms with Gasteiger partial charge >= 0.3 is 5.97 Å². The lowest BCUT2D eigenvalue weighted by Crippen LogP contribution is -2.29. The zero-order valence-corrected chi connectivity index (χ0v) is 14.3. The highest BCUT2D eigenvalue weighted by Gasteiger charge is 2.20. The minimum absolute atomic E-state index is 0.259. The van der Waals surface area contributed by atoms with Crippen molar-refractivity contribution in [3.63, 3.8) is 0 Å². The predicted molar refractivity (Wildman–Crippen MR) is 92.6 cm³/mol. The molecule has 0 aliphatic rings. The largest absolute Gasteiger partial charge is 0.497 e. The second-order valence-corrected chi connectivity index (χ2v) is 6.07. The lowest BCUT2D eigenvalue weighted by atomic mass is 10.1. The molecule has 0 spiro atoms. The van der Waals surface area contributed by atoms with Gasteiger partial charge in [0.1, 0.15) is 16.6 Å². The molecule has 1 aromatic carbocycles. The summed E-state index contributed by atoms with van der Waals surface area (Å²) >= 11 is 1.40. The Morgan fingerprint density at radius 3 is 2.58 bits per heavy atom. The van der Waals surface area contributed by atoms with E-state index in [0.29, 0.717) is 10.2 Å². The van der Waals surface area contributed by atoms with E-state index in [2.05, 4.69) is 4.98 Å². The first kappa shape index (κ1) is 16.2. The summed E-state index contributed by atoms with van der Waals surface area (Å²) in [6.45, 7) is 1.61. The van der Waals surface area contributed by atoms with Gasteiger partial charge in [-0.05, 0) is 24.6 Å². The van der Waals surface area contributed by atoms with Crippen LogP contribution in [0.25, 0.3) is 21.3 Å². The van der Waals surface area contributed by atoms with Gasteiger partial charge in [0.25, 0.3) is 5.56 Å². The molecular weight excluding hydrogens is 328 g/mol. The number of rotatable bonds is 4. The van der Waals surface area contributed by atoms with Gasteiger partial charge in [-0.25, -0.2) is 9.78 Å². The van der Waals surface area contributed by atoms with E-state index in [1.807, 2.05) is 29.6 Å². The monoisotopic (exact) mass is 344 g/mol. The molecule has 7 heteroatoms. The highest BCUT2D eigenvalue weighted by atomic mass is 32.1. The fourth-order valence-electron chi connectivity index (χ4n) is 2.49. The molecule has 3 rings (SSSR count). The van der Waals surface area contributed by atoms with E-state index < -0.39 is 12.0 Å². The van der Waals surface area contributed by atoms with Crippen LogP contribution in [0.2, 0.25) is 0 Å².